The summed E-state index contributed by atoms with van der Waals surface area (Å²) in [6.45, 7) is 0.254. The Morgan fingerprint density at radius 2 is 1.96 bits per heavy atom. The van der Waals surface area contributed by atoms with Gasteiger partial charge >= 0.3 is 0 Å². The van der Waals surface area contributed by atoms with Gasteiger partial charge in [-0.15, -0.1) is 11.3 Å². The Kier molecular flexibility index (Phi) is 4.22. The summed E-state index contributed by atoms with van der Waals surface area (Å²) < 4.78 is 16.3. The van der Waals surface area contributed by atoms with Crippen molar-refractivity contribution in [1.29, 1.82) is 0 Å². The predicted octanol–water partition coefficient (Wildman–Crippen LogP) is 3.07. The smallest absolute Gasteiger partial charge is 0.271 e. The highest BCUT2D eigenvalue weighted by Gasteiger charge is 2.15. The molecule has 7 heteroatoms. The molecule has 0 unspecified atom stereocenters. The lowest BCUT2D eigenvalue weighted by molar-refractivity contribution is -0.121. The quantitative estimate of drug-likeness (QED) is 0.603. The molecule has 0 aliphatic rings. The fraction of sp³-hybridized carbons (Fsp3) is 0.105. The van der Waals surface area contributed by atoms with E-state index in [4.69, 9.17) is 0 Å². The number of nitrogens with zero attached hydrogens (tertiary/aromatic N) is 2. The molecule has 1 amide bonds. The lowest BCUT2D eigenvalue weighted by atomic mass is 10.2. The average molecular weight is 367 g/mol. The molecule has 0 saturated carbocycles. The molecule has 26 heavy (non-hydrogen) atoms. The number of amides is 1. The normalized spacial score (nSPS) is 11.1. The van der Waals surface area contributed by atoms with E-state index in [2.05, 4.69) is 10.3 Å². The minimum Gasteiger partial charge on any atom is -0.350 e. The Hall–Kier alpha value is -3.06. The van der Waals surface area contributed by atoms with Crippen molar-refractivity contribution in [3.8, 4) is 0 Å². The van der Waals surface area contributed by atoms with Crippen LogP contribution < -0.4 is 10.9 Å². The van der Waals surface area contributed by atoms with Gasteiger partial charge in [0.2, 0.25) is 5.91 Å². The number of nitrogens with one attached hydrogen (secondary N) is 1. The van der Waals surface area contributed by atoms with Crippen LogP contribution in [-0.4, -0.2) is 15.5 Å². The van der Waals surface area contributed by atoms with Gasteiger partial charge in [0.25, 0.3) is 5.56 Å². The van der Waals surface area contributed by atoms with E-state index in [1.807, 2.05) is 30.3 Å². The van der Waals surface area contributed by atoms with Crippen LogP contribution in [0.3, 0.4) is 0 Å². The van der Waals surface area contributed by atoms with Crippen LogP contribution in [0.25, 0.3) is 20.3 Å². The SMILES string of the molecule is O=C(Cn1cnc2c(sc3cccc(F)c32)c1=O)NCc1ccccc1. The molecule has 0 aliphatic heterocycles. The molecule has 0 bridgehead atoms. The van der Waals surface area contributed by atoms with E-state index in [-0.39, 0.29) is 18.0 Å². The van der Waals surface area contributed by atoms with Gasteiger partial charge in [-0.3, -0.25) is 14.2 Å². The molecule has 0 fully saturated rings. The number of hydrogen-bond acceptors (Lipinski definition) is 4. The first-order valence-corrected chi connectivity index (χ1v) is 8.82. The zero-order valence-electron chi connectivity index (χ0n) is 13.6. The van der Waals surface area contributed by atoms with Gasteiger partial charge in [-0.25, -0.2) is 9.37 Å². The molecule has 2 aromatic heterocycles. The van der Waals surface area contributed by atoms with Crippen LogP contribution in [0.15, 0.2) is 59.7 Å². The summed E-state index contributed by atoms with van der Waals surface area (Å²) >= 11 is 1.19. The Morgan fingerprint density at radius 3 is 2.77 bits per heavy atom. The summed E-state index contributed by atoms with van der Waals surface area (Å²) in [6, 6.07) is 14.2. The van der Waals surface area contributed by atoms with Gasteiger partial charge in [0.1, 0.15) is 17.1 Å². The van der Waals surface area contributed by atoms with Gasteiger partial charge in [0.15, 0.2) is 0 Å². The maximum atomic E-state index is 14.0. The number of rotatable bonds is 4. The van der Waals surface area contributed by atoms with Crippen LogP contribution in [0.4, 0.5) is 4.39 Å². The molecule has 130 valence electrons. The third kappa shape index (κ3) is 2.97. The first-order valence-electron chi connectivity index (χ1n) is 8.00. The van der Waals surface area contributed by atoms with Crippen LogP contribution in [0.5, 0.6) is 0 Å². The molecule has 0 spiro atoms. The Balaban J connectivity index is 1.60. The van der Waals surface area contributed by atoms with Crippen molar-refractivity contribution in [2.45, 2.75) is 13.1 Å². The van der Waals surface area contributed by atoms with Gasteiger partial charge in [-0.2, -0.15) is 0 Å². The molecule has 5 nitrogen and oxygen atoms in total. The maximum Gasteiger partial charge on any atom is 0.271 e. The zero-order chi connectivity index (χ0) is 18.1. The van der Waals surface area contributed by atoms with Crippen molar-refractivity contribution in [2.75, 3.05) is 0 Å². The molecular weight excluding hydrogens is 353 g/mol. The van der Waals surface area contributed by atoms with Crippen molar-refractivity contribution in [2.24, 2.45) is 0 Å². The number of carbonyl (C=O) groups is 1. The molecule has 4 rings (SSSR count). The minimum absolute atomic E-state index is 0.134. The van der Waals surface area contributed by atoms with Gasteiger partial charge in [-0.1, -0.05) is 36.4 Å². The summed E-state index contributed by atoms with van der Waals surface area (Å²) in [4.78, 5) is 29.0. The molecular formula is C19H14FN3O2S. The van der Waals surface area contributed by atoms with Crippen LogP contribution in [0, 0.1) is 5.82 Å². The molecule has 0 saturated heterocycles. The first-order chi connectivity index (χ1) is 12.6. The Labute approximate surface area is 151 Å². The van der Waals surface area contributed by atoms with E-state index in [0.29, 0.717) is 26.8 Å². The number of thiophene rings is 1. The molecule has 2 heterocycles. The van der Waals surface area contributed by atoms with Crippen molar-refractivity contribution in [1.82, 2.24) is 14.9 Å². The molecule has 1 N–H and O–H groups in total. The number of benzene rings is 2. The topological polar surface area (TPSA) is 64.0 Å². The number of fused-ring (bicyclic) bond motifs is 3. The van der Waals surface area contributed by atoms with Gasteiger partial charge in [0, 0.05) is 11.2 Å². The van der Waals surface area contributed by atoms with Crippen molar-refractivity contribution < 1.29 is 9.18 Å². The average Bonchev–Trinajstić information content (AvgIpc) is 3.04. The van der Waals surface area contributed by atoms with Crippen LogP contribution in [0.2, 0.25) is 0 Å². The van der Waals surface area contributed by atoms with E-state index < -0.39 is 5.82 Å². The third-order valence-corrected chi connectivity index (χ3v) is 5.20. The minimum atomic E-state index is -0.404. The fourth-order valence-corrected chi connectivity index (χ4v) is 3.91. The second-order valence-corrected chi connectivity index (χ2v) is 6.88. The van der Waals surface area contributed by atoms with Crippen molar-refractivity contribution in [3.05, 3.63) is 76.6 Å². The first kappa shape index (κ1) is 16.4. The second-order valence-electron chi connectivity index (χ2n) is 5.83. The van der Waals surface area contributed by atoms with Crippen LogP contribution in [-0.2, 0) is 17.9 Å². The van der Waals surface area contributed by atoms with Crippen molar-refractivity contribution >= 4 is 37.5 Å². The van der Waals surface area contributed by atoms with Crippen LogP contribution >= 0.6 is 11.3 Å². The summed E-state index contributed by atoms with van der Waals surface area (Å²) in [5.41, 5.74) is 0.973. The van der Waals surface area contributed by atoms with E-state index in [1.54, 1.807) is 12.1 Å². The van der Waals surface area contributed by atoms with Gasteiger partial charge in [-0.05, 0) is 17.7 Å². The van der Waals surface area contributed by atoms with Crippen LogP contribution in [0.1, 0.15) is 5.56 Å². The largest absolute Gasteiger partial charge is 0.350 e. The molecule has 0 radical (unpaired) electrons. The standard InChI is InChI=1S/C19H14FN3O2S/c20-13-7-4-8-14-16(13)17-18(26-14)19(25)23(11-22-17)10-15(24)21-9-12-5-2-1-3-6-12/h1-8,11H,9-10H2,(H,21,24). The maximum absolute atomic E-state index is 14.0. The summed E-state index contributed by atoms with van der Waals surface area (Å²) in [6.07, 6.45) is 1.30. The number of halogens is 1. The summed E-state index contributed by atoms with van der Waals surface area (Å²) in [5, 5.41) is 3.13. The van der Waals surface area contributed by atoms with E-state index in [1.165, 1.54) is 28.3 Å². The highest BCUT2D eigenvalue weighted by molar-refractivity contribution is 7.25. The lowest BCUT2D eigenvalue weighted by Crippen LogP contribution is -2.31. The van der Waals surface area contributed by atoms with Gasteiger partial charge < -0.3 is 5.32 Å². The second kappa shape index (κ2) is 6.68. The number of hydrogen-bond donors (Lipinski definition) is 1. The highest BCUT2D eigenvalue weighted by Crippen LogP contribution is 2.31. The summed E-state index contributed by atoms with van der Waals surface area (Å²) in [7, 11) is 0. The third-order valence-electron chi connectivity index (χ3n) is 4.07. The zero-order valence-corrected chi connectivity index (χ0v) is 14.4. The highest BCUT2D eigenvalue weighted by atomic mass is 32.1. The number of aromatic nitrogens is 2. The lowest BCUT2D eigenvalue weighted by Gasteiger charge is -2.07. The van der Waals surface area contributed by atoms with E-state index in [9.17, 15) is 14.0 Å². The van der Waals surface area contributed by atoms with E-state index in [0.717, 1.165) is 5.56 Å². The number of carbonyl (C=O) groups excluding carboxylic acids is 1. The Morgan fingerprint density at radius 1 is 1.15 bits per heavy atom. The summed E-state index contributed by atoms with van der Waals surface area (Å²) in [5.74, 6) is -0.691. The Bertz CT molecular complexity index is 1170. The predicted molar refractivity (Wildman–Crippen MR) is 99.6 cm³/mol. The van der Waals surface area contributed by atoms with Gasteiger partial charge in [0.05, 0.1) is 17.2 Å². The van der Waals surface area contributed by atoms with E-state index >= 15 is 0 Å². The monoisotopic (exact) mass is 367 g/mol. The molecule has 4 aromatic rings. The molecule has 2 aromatic carbocycles. The molecule has 0 atom stereocenters. The van der Waals surface area contributed by atoms with Crippen molar-refractivity contribution in [3.63, 3.8) is 0 Å². The molecule has 0 aliphatic carbocycles. The fourth-order valence-electron chi connectivity index (χ4n) is 2.79.